The van der Waals surface area contributed by atoms with Crippen molar-refractivity contribution in [2.24, 2.45) is 0 Å². The lowest BCUT2D eigenvalue weighted by Crippen LogP contribution is -2.01. The van der Waals surface area contributed by atoms with Crippen LogP contribution in [-0.2, 0) is 6.54 Å². The van der Waals surface area contributed by atoms with Crippen LogP contribution in [0.15, 0.2) is 10.6 Å². The summed E-state index contributed by atoms with van der Waals surface area (Å²) < 4.78 is 6.74. The van der Waals surface area contributed by atoms with Crippen molar-refractivity contribution >= 4 is 5.97 Å². The molecule has 2 rings (SSSR count). The number of hydrogen-bond acceptors (Lipinski definition) is 5. The summed E-state index contributed by atoms with van der Waals surface area (Å²) in [6.07, 6.45) is 1.35. The van der Waals surface area contributed by atoms with Gasteiger partial charge in [-0.3, -0.25) is 0 Å². The Morgan fingerprint density at radius 3 is 2.81 bits per heavy atom. The topological polar surface area (TPSA) is 94.0 Å². The highest BCUT2D eigenvalue weighted by Gasteiger charge is 2.11. The van der Waals surface area contributed by atoms with Crippen LogP contribution in [0.25, 0.3) is 0 Å². The molecule has 1 N–H and O–H groups in total. The molecule has 0 atom stereocenters. The number of rotatable bonds is 3. The van der Waals surface area contributed by atoms with Gasteiger partial charge in [0.05, 0.1) is 11.9 Å². The number of aromatic carboxylic acids is 1. The second-order valence-corrected chi connectivity index (χ2v) is 3.35. The zero-order chi connectivity index (χ0) is 11.7. The van der Waals surface area contributed by atoms with Crippen LogP contribution in [0.1, 0.15) is 27.8 Å². The minimum absolute atomic E-state index is 0.0890. The number of carbonyl (C=O) groups is 1. The number of hydrogen-bond donors (Lipinski definition) is 1. The summed E-state index contributed by atoms with van der Waals surface area (Å²) in [4.78, 5) is 14.7. The van der Waals surface area contributed by atoms with Crippen LogP contribution >= 0.6 is 0 Å². The maximum Gasteiger partial charge on any atom is 0.358 e. The molecule has 0 amide bonds. The Hall–Kier alpha value is -2.18. The van der Waals surface area contributed by atoms with E-state index in [2.05, 4.69) is 15.3 Å². The zero-order valence-corrected chi connectivity index (χ0v) is 8.84. The number of carboxylic acid groups (broad SMARTS) is 1. The molecule has 0 aromatic carbocycles. The van der Waals surface area contributed by atoms with Gasteiger partial charge in [0.2, 0.25) is 0 Å². The molecule has 0 fully saturated rings. The van der Waals surface area contributed by atoms with Crippen molar-refractivity contribution in [2.45, 2.75) is 20.4 Å². The van der Waals surface area contributed by atoms with Gasteiger partial charge in [-0.05, 0) is 6.92 Å². The fourth-order valence-corrected chi connectivity index (χ4v) is 1.34. The van der Waals surface area contributed by atoms with E-state index in [-0.39, 0.29) is 5.69 Å². The van der Waals surface area contributed by atoms with Gasteiger partial charge in [-0.25, -0.2) is 14.5 Å². The Labute approximate surface area is 90.7 Å². The minimum Gasteiger partial charge on any atom is -0.476 e. The lowest BCUT2D eigenvalue weighted by molar-refractivity contribution is 0.0690. The first-order valence-corrected chi connectivity index (χ1v) is 4.62. The lowest BCUT2D eigenvalue weighted by atomic mass is 10.4. The summed E-state index contributed by atoms with van der Waals surface area (Å²) in [6, 6.07) is 0. The van der Waals surface area contributed by atoms with Crippen molar-refractivity contribution in [1.29, 1.82) is 0 Å². The summed E-state index contributed by atoms with van der Waals surface area (Å²) in [5, 5.41) is 15.9. The van der Waals surface area contributed by atoms with Gasteiger partial charge in [0.25, 0.3) is 0 Å². The van der Waals surface area contributed by atoms with Crippen LogP contribution in [0.2, 0.25) is 0 Å². The van der Waals surface area contributed by atoms with E-state index < -0.39 is 5.97 Å². The van der Waals surface area contributed by atoms with Crippen LogP contribution in [0, 0.1) is 13.8 Å². The number of nitrogens with zero attached hydrogens (tertiary/aromatic N) is 4. The van der Waals surface area contributed by atoms with E-state index in [0.29, 0.717) is 18.2 Å². The van der Waals surface area contributed by atoms with Crippen molar-refractivity contribution in [3.05, 3.63) is 29.2 Å². The third-order valence-corrected chi connectivity index (χ3v) is 2.06. The monoisotopic (exact) mass is 222 g/mol. The molecular weight excluding hydrogens is 212 g/mol. The van der Waals surface area contributed by atoms with Crippen molar-refractivity contribution in [3.8, 4) is 0 Å². The Bertz CT molecular complexity index is 529. The molecule has 0 saturated heterocycles. The van der Waals surface area contributed by atoms with Gasteiger partial charge in [0.1, 0.15) is 12.3 Å². The van der Waals surface area contributed by atoms with Gasteiger partial charge >= 0.3 is 5.97 Å². The van der Waals surface area contributed by atoms with Crippen molar-refractivity contribution in [2.75, 3.05) is 0 Å². The predicted octanol–water partition coefficient (Wildman–Crippen LogP) is 0.629. The first-order chi connectivity index (χ1) is 7.56. The van der Waals surface area contributed by atoms with E-state index in [0.717, 1.165) is 5.69 Å². The molecule has 16 heavy (non-hydrogen) atoms. The quantitative estimate of drug-likeness (QED) is 0.818. The predicted molar refractivity (Wildman–Crippen MR) is 52.1 cm³/mol. The summed E-state index contributed by atoms with van der Waals surface area (Å²) in [5.41, 5.74) is 0.679. The lowest BCUT2D eigenvalue weighted by Gasteiger charge is -1.95. The van der Waals surface area contributed by atoms with Crippen molar-refractivity contribution < 1.29 is 14.3 Å². The van der Waals surface area contributed by atoms with Crippen molar-refractivity contribution in [1.82, 2.24) is 20.0 Å². The molecule has 0 bridgehead atoms. The molecule has 2 aromatic rings. The van der Waals surface area contributed by atoms with Gasteiger partial charge in [-0.2, -0.15) is 0 Å². The van der Waals surface area contributed by atoms with Crippen LogP contribution < -0.4 is 0 Å². The van der Waals surface area contributed by atoms with Crippen LogP contribution in [0.5, 0.6) is 0 Å². The second-order valence-electron chi connectivity index (χ2n) is 3.35. The van der Waals surface area contributed by atoms with E-state index in [9.17, 15) is 4.79 Å². The highest BCUT2D eigenvalue weighted by molar-refractivity contribution is 5.84. The Balaban J connectivity index is 2.20. The van der Waals surface area contributed by atoms with Gasteiger partial charge in [0.15, 0.2) is 11.6 Å². The molecule has 0 aliphatic rings. The fourth-order valence-electron chi connectivity index (χ4n) is 1.34. The smallest absolute Gasteiger partial charge is 0.358 e. The molecule has 0 unspecified atom stereocenters. The highest BCUT2D eigenvalue weighted by Crippen LogP contribution is 2.10. The number of carboxylic acids is 1. The van der Waals surface area contributed by atoms with Gasteiger partial charge in [-0.15, -0.1) is 5.10 Å². The maximum absolute atomic E-state index is 10.6. The molecular formula is C9H10N4O3. The van der Waals surface area contributed by atoms with Crippen LogP contribution in [0.3, 0.4) is 0 Å². The molecule has 2 heterocycles. The van der Waals surface area contributed by atoms with Crippen molar-refractivity contribution in [3.63, 3.8) is 0 Å². The molecule has 84 valence electrons. The molecule has 7 nitrogen and oxygen atoms in total. The van der Waals surface area contributed by atoms with Gasteiger partial charge in [0, 0.05) is 6.92 Å². The highest BCUT2D eigenvalue weighted by atomic mass is 16.4. The van der Waals surface area contributed by atoms with E-state index >= 15 is 0 Å². The van der Waals surface area contributed by atoms with E-state index in [1.165, 1.54) is 10.9 Å². The zero-order valence-electron chi connectivity index (χ0n) is 8.84. The SMILES string of the molecule is Cc1nc(C)c(Cn2cc(C(=O)O)nn2)o1. The standard InChI is InChI=1S/C9H10N4O3/c1-5-8(16-6(2)10-5)4-13-3-7(9(14)15)11-12-13/h3H,4H2,1-2H3,(H,14,15). The third kappa shape index (κ3) is 1.92. The largest absolute Gasteiger partial charge is 0.476 e. The van der Waals surface area contributed by atoms with E-state index in [4.69, 9.17) is 9.52 Å². The first-order valence-electron chi connectivity index (χ1n) is 4.62. The normalized spacial score (nSPS) is 10.6. The summed E-state index contributed by atoms with van der Waals surface area (Å²) in [7, 11) is 0. The molecule has 0 aliphatic heterocycles. The maximum atomic E-state index is 10.6. The molecule has 0 saturated carbocycles. The van der Waals surface area contributed by atoms with Gasteiger partial charge < -0.3 is 9.52 Å². The Morgan fingerprint density at radius 2 is 2.31 bits per heavy atom. The second kappa shape index (κ2) is 3.76. The number of aromatic nitrogens is 4. The average Bonchev–Trinajstić information content (AvgIpc) is 2.75. The van der Waals surface area contributed by atoms with Gasteiger partial charge in [-0.1, -0.05) is 5.21 Å². The summed E-state index contributed by atoms with van der Waals surface area (Å²) in [5.74, 6) is 0.127. The molecule has 2 aromatic heterocycles. The van der Waals surface area contributed by atoms with E-state index in [1.54, 1.807) is 6.92 Å². The summed E-state index contributed by atoms with van der Waals surface area (Å²) >= 11 is 0. The molecule has 0 aliphatic carbocycles. The first kappa shape index (κ1) is 10.3. The van der Waals surface area contributed by atoms with E-state index in [1.807, 2.05) is 6.92 Å². The average molecular weight is 222 g/mol. The molecule has 0 spiro atoms. The number of oxazole rings is 1. The van der Waals surface area contributed by atoms with Crippen LogP contribution in [0.4, 0.5) is 0 Å². The third-order valence-electron chi connectivity index (χ3n) is 2.06. The minimum atomic E-state index is -1.10. The Morgan fingerprint density at radius 1 is 1.56 bits per heavy atom. The van der Waals surface area contributed by atoms with Crippen LogP contribution in [-0.4, -0.2) is 31.1 Å². The number of aryl methyl sites for hydroxylation is 2. The fraction of sp³-hybridized carbons (Fsp3) is 0.333. The molecule has 0 radical (unpaired) electrons. The summed E-state index contributed by atoms with van der Waals surface area (Å²) in [6.45, 7) is 3.90. The Kier molecular flexibility index (Phi) is 2.43. The molecule has 7 heteroatoms.